The van der Waals surface area contributed by atoms with Gasteiger partial charge >= 0.3 is 0 Å². The van der Waals surface area contributed by atoms with Crippen LogP contribution in [0.3, 0.4) is 0 Å². The summed E-state index contributed by atoms with van der Waals surface area (Å²) in [4.78, 5) is 4.82. The van der Waals surface area contributed by atoms with Gasteiger partial charge in [0.05, 0.1) is 50.8 Å². The highest BCUT2D eigenvalue weighted by Crippen LogP contribution is 2.25. The van der Waals surface area contributed by atoms with Crippen molar-refractivity contribution in [1.29, 1.82) is 0 Å². The summed E-state index contributed by atoms with van der Waals surface area (Å²) in [5.74, 6) is 0. The van der Waals surface area contributed by atoms with Crippen LogP contribution in [0.15, 0.2) is 48.5 Å². The molecule has 6 heteroatoms. The van der Waals surface area contributed by atoms with Crippen LogP contribution in [0.4, 0.5) is 11.4 Å². The van der Waals surface area contributed by atoms with E-state index in [1.54, 1.807) is 0 Å². The van der Waals surface area contributed by atoms with Crippen LogP contribution in [0.1, 0.15) is 17.5 Å². The van der Waals surface area contributed by atoms with Crippen molar-refractivity contribution in [2.24, 2.45) is 0 Å². The Bertz CT molecular complexity index is 799. The third kappa shape index (κ3) is 6.48. The number of benzene rings is 2. The van der Waals surface area contributed by atoms with Gasteiger partial charge in [0.2, 0.25) is 0 Å². The van der Waals surface area contributed by atoms with E-state index < -0.39 is 0 Å². The van der Waals surface area contributed by atoms with Crippen molar-refractivity contribution >= 4 is 11.4 Å². The molecule has 0 aliphatic carbocycles. The van der Waals surface area contributed by atoms with Crippen LogP contribution in [-0.2, 0) is 31.8 Å². The Morgan fingerprint density at radius 3 is 1.09 bits per heavy atom. The second-order valence-corrected chi connectivity index (χ2v) is 9.82. The zero-order valence-electron chi connectivity index (χ0n) is 19.2. The second kappa shape index (κ2) is 9.63. The van der Waals surface area contributed by atoms with Gasteiger partial charge in [-0.3, -0.25) is 0 Å². The fourth-order valence-electron chi connectivity index (χ4n) is 4.49. The molecule has 2 aromatic carbocycles. The molecule has 2 aromatic rings. The number of epoxide rings is 4. The summed E-state index contributed by atoms with van der Waals surface area (Å²) in [7, 11) is 0. The molecule has 4 aliphatic rings. The average molecular weight is 451 g/mol. The lowest BCUT2D eigenvalue weighted by molar-refractivity contribution is 0.388. The fraction of sp³-hybridized carbons (Fsp3) is 0.556. The second-order valence-electron chi connectivity index (χ2n) is 9.82. The van der Waals surface area contributed by atoms with Crippen LogP contribution < -0.4 is 9.80 Å². The van der Waals surface area contributed by atoms with E-state index in [2.05, 4.69) is 58.3 Å². The molecule has 4 aliphatic heterocycles. The average Bonchev–Trinajstić information content (AvgIpc) is 3.66. The van der Waals surface area contributed by atoms with Gasteiger partial charge in [-0.1, -0.05) is 24.3 Å². The Kier molecular flexibility index (Phi) is 6.25. The van der Waals surface area contributed by atoms with E-state index in [4.69, 9.17) is 18.9 Å². The molecule has 0 aromatic heterocycles. The molecule has 0 spiro atoms. The fourth-order valence-corrected chi connectivity index (χ4v) is 4.49. The highest BCUT2D eigenvalue weighted by Gasteiger charge is 2.32. The summed E-state index contributed by atoms with van der Waals surface area (Å²) < 4.78 is 21.8. The molecular formula is C27H34N2O4. The quantitative estimate of drug-likeness (QED) is 0.413. The number of ether oxygens (including phenoxy) is 4. The van der Waals surface area contributed by atoms with Gasteiger partial charge in [-0.15, -0.1) is 0 Å². The minimum atomic E-state index is 0.394. The molecule has 0 amide bonds. The normalized spacial score (nSPS) is 26.7. The lowest BCUT2D eigenvalue weighted by Gasteiger charge is -2.23. The molecule has 6 nitrogen and oxygen atoms in total. The first-order valence-electron chi connectivity index (χ1n) is 12.4. The molecule has 0 saturated carbocycles. The number of nitrogens with zero attached hydrogens (tertiary/aromatic N) is 2. The van der Waals surface area contributed by atoms with Crippen LogP contribution >= 0.6 is 0 Å². The summed E-state index contributed by atoms with van der Waals surface area (Å²) >= 11 is 0. The molecule has 6 rings (SSSR count). The van der Waals surface area contributed by atoms with Crippen molar-refractivity contribution in [1.82, 2.24) is 0 Å². The maximum atomic E-state index is 5.44. The summed E-state index contributed by atoms with van der Waals surface area (Å²) in [6, 6.07) is 18.2. The van der Waals surface area contributed by atoms with Gasteiger partial charge < -0.3 is 28.7 Å². The molecule has 4 atom stereocenters. The Morgan fingerprint density at radius 2 is 0.818 bits per heavy atom. The molecule has 0 N–H and O–H groups in total. The SMILES string of the molecule is c1cc(N(CC2CO2)CC2CO2)ccc1CCCc1ccc(N(CC2CO2)CC2CO2)cc1. The van der Waals surface area contributed by atoms with Crippen LogP contribution in [0.5, 0.6) is 0 Å². The van der Waals surface area contributed by atoms with Gasteiger partial charge in [-0.25, -0.2) is 0 Å². The topological polar surface area (TPSA) is 56.6 Å². The zero-order chi connectivity index (χ0) is 22.0. The van der Waals surface area contributed by atoms with Gasteiger partial charge in [0.1, 0.15) is 0 Å². The summed E-state index contributed by atoms with van der Waals surface area (Å²) in [5, 5.41) is 0. The van der Waals surface area contributed by atoms with Gasteiger partial charge in [-0.2, -0.15) is 0 Å². The molecule has 0 radical (unpaired) electrons. The van der Waals surface area contributed by atoms with Gasteiger partial charge in [0.25, 0.3) is 0 Å². The Balaban J connectivity index is 0.987. The van der Waals surface area contributed by atoms with Crippen molar-refractivity contribution < 1.29 is 18.9 Å². The number of hydrogen-bond acceptors (Lipinski definition) is 6. The predicted molar refractivity (Wildman–Crippen MR) is 128 cm³/mol. The van der Waals surface area contributed by atoms with E-state index in [0.717, 1.165) is 71.9 Å². The van der Waals surface area contributed by atoms with Crippen molar-refractivity contribution in [3.63, 3.8) is 0 Å². The van der Waals surface area contributed by atoms with Crippen LogP contribution in [0.25, 0.3) is 0 Å². The number of rotatable bonds is 14. The zero-order valence-corrected chi connectivity index (χ0v) is 19.2. The van der Waals surface area contributed by atoms with E-state index in [1.165, 1.54) is 22.5 Å². The van der Waals surface area contributed by atoms with Gasteiger partial charge in [-0.05, 0) is 54.7 Å². The number of anilines is 2. The first-order chi connectivity index (χ1) is 16.3. The molecule has 176 valence electrons. The molecule has 4 heterocycles. The van der Waals surface area contributed by atoms with Crippen molar-refractivity contribution in [3.8, 4) is 0 Å². The summed E-state index contributed by atoms with van der Waals surface area (Å²) in [6.07, 6.45) is 4.94. The van der Waals surface area contributed by atoms with Crippen LogP contribution in [0.2, 0.25) is 0 Å². The van der Waals surface area contributed by atoms with E-state index >= 15 is 0 Å². The van der Waals surface area contributed by atoms with Gasteiger partial charge in [0.15, 0.2) is 0 Å². The molecule has 0 bridgehead atoms. The predicted octanol–water partition coefficient (Wildman–Crippen LogP) is 3.07. The molecule has 4 saturated heterocycles. The molecule has 33 heavy (non-hydrogen) atoms. The highest BCUT2D eigenvalue weighted by atomic mass is 16.6. The Morgan fingerprint density at radius 1 is 0.515 bits per heavy atom. The first kappa shape index (κ1) is 21.4. The van der Waals surface area contributed by atoms with E-state index in [9.17, 15) is 0 Å². The molecule has 4 fully saturated rings. The minimum absolute atomic E-state index is 0.394. The molecular weight excluding hydrogens is 416 g/mol. The summed E-state index contributed by atoms with van der Waals surface area (Å²) in [6.45, 7) is 7.43. The maximum Gasteiger partial charge on any atom is 0.0984 e. The summed E-state index contributed by atoms with van der Waals surface area (Å²) in [5.41, 5.74) is 5.36. The van der Waals surface area contributed by atoms with Crippen molar-refractivity contribution in [2.75, 3.05) is 62.4 Å². The lowest BCUT2D eigenvalue weighted by Crippen LogP contribution is -2.31. The first-order valence-corrected chi connectivity index (χ1v) is 12.4. The Hall–Kier alpha value is -2.12. The van der Waals surface area contributed by atoms with E-state index in [-0.39, 0.29) is 0 Å². The largest absolute Gasteiger partial charge is 0.371 e. The van der Waals surface area contributed by atoms with E-state index in [0.29, 0.717) is 24.4 Å². The third-order valence-corrected chi connectivity index (χ3v) is 6.84. The number of aryl methyl sites for hydroxylation is 2. The molecule has 4 unspecified atom stereocenters. The third-order valence-electron chi connectivity index (χ3n) is 6.84. The standard InChI is InChI=1S/C27H34N2O4/c1(2-20-4-8-22(9-5-20)28(12-24-16-30-24)13-25-17-31-25)3-21-6-10-23(11-7-21)29(14-26-18-32-26)15-27-19-33-27/h4-11,24-27H,1-3,12-19H2. The van der Waals surface area contributed by atoms with Crippen molar-refractivity contribution in [2.45, 2.75) is 43.7 Å². The highest BCUT2D eigenvalue weighted by molar-refractivity contribution is 5.49. The maximum absolute atomic E-state index is 5.44. The lowest BCUT2D eigenvalue weighted by atomic mass is 10.0. The minimum Gasteiger partial charge on any atom is -0.371 e. The van der Waals surface area contributed by atoms with E-state index in [1.807, 2.05) is 0 Å². The van der Waals surface area contributed by atoms with Crippen LogP contribution in [-0.4, -0.2) is 77.0 Å². The Labute approximate surface area is 196 Å². The van der Waals surface area contributed by atoms with Gasteiger partial charge in [0, 0.05) is 37.6 Å². The monoisotopic (exact) mass is 450 g/mol. The number of hydrogen-bond donors (Lipinski definition) is 0. The smallest absolute Gasteiger partial charge is 0.0984 e. The van der Waals surface area contributed by atoms with Crippen molar-refractivity contribution in [3.05, 3.63) is 59.7 Å². The van der Waals surface area contributed by atoms with Crippen LogP contribution in [0, 0.1) is 0 Å².